The summed E-state index contributed by atoms with van der Waals surface area (Å²) in [5.41, 5.74) is 0. The lowest BCUT2D eigenvalue weighted by molar-refractivity contribution is 0.0519. The van der Waals surface area contributed by atoms with Crippen molar-refractivity contribution in [2.45, 2.75) is 89.3 Å². The molecule has 154 valence electrons. The summed E-state index contributed by atoms with van der Waals surface area (Å²) < 4.78 is 0. The van der Waals surface area contributed by atoms with E-state index >= 15 is 0 Å². The minimum atomic E-state index is -0.382. The molecule has 0 aliphatic heterocycles. The van der Waals surface area contributed by atoms with Crippen LogP contribution < -0.4 is 0 Å². The summed E-state index contributed by atoms with van der Waals surface area (Å²) in [4.78, 5) is 1.99. The van der Waals surface area contributed by atoms with Crippen LogP contribution in [0.3, 0.4) is 0 Å². The number of aliphatic hydroxyl groups excluding tert-OH is 3. The average Bonchev–Trinajstić information content (AvgIpc) is 2.61. The maximum atomic E-state index is 10.2. The second-order valence-corrected chi connectivity index (χ2v) is 7.35. The normalized spacial score (nSPS) is 13.7. The number of unbranched alkanes of at least 4 members (excludes halogenated alkanes) is 8. The van der Waals surface area contributed by atoms with Crippen LogP contribution in [-0.2, 0) is 0 Å². The van der Waals surface area contributed by atoms with E-state index in [0.29, 0.717) is 19.6 Å². The van der Waals surface area contributed by atoms with Gasteiger partial charge in [0.05, 0.1) is 18.8 Å². The number of nitrogens with zero attached hydrogens (tertiary/aromatic N) is 1. The zero-order chi connectivity index (χ0) is 19.5. The Kier molecular flexibility index (Phi) is 18.6. The summed E-state index contributed by atoms with van der Waals surface area (Å²) in [7, 11) is 0. The molecular formula is C22H43NO3. The third-order valence-corrected chi connectivity index (χ3v) is 4.75. The van der Waals surface area contributed by atoms with Crippen LogP contribution in [0.5, 0.6) is 0 Å². The van der Waals surface area contributed by atoms with Gasteiger partial charge in [-0.1, -0.05) is 50.7 Å². The summed E-state index contributed by atoms with van der Waals surface area (Å²) in [6, 6.07) is 0. The lowest BCUT2D eigenvalue weighted by Gasteiger charge is -2.26. The highest BCUT2D eigenvalue weighted by atomic mass is 16.3. The molecule has 0 amide bonds. The molecule has 0 rings (SSSR count). The summed E-state index contributed by atoms with van der Waals surface area (Å²) in [6.07, 6.45) is 15.9. The van der Waals surface area contributed by atoms with Crippen molar-refractivity contribution in [3.05, 3.63) is 25.3 Å². The summed E-state index contributed by atoms with van der Waals surface area (Å²) in [6.45, 7) is 9.08. The maximum Gasteiger partial charge on any atom is 0.0667 e. The Morgan fingerprint density at radius 1 is 0.692 bits per heavy atom. The smallest absolute Gasteiger partial charge is 0.0667 e. The van der Waals surface area contributed by atoms with Crippen molar-refractivity contribution in [2.24, 2.45) is 0 Å². The number of aliphatic hydroxyl groups is 3. The Balaban J connectivity index is 3.87. The van der Waals surface area contributed by atoms with E-state index in [1.807, 2.05) is 17.1 Å². The zero-order valence-corrected chi connectivity index (χ0v) is 16.8. The first-order valence-electron chi connectivity index (χ1n) is 10.5. The Morgan fingerprint density at radius 2 is 1.12 bits per heavy atom. The fourth-order valence-corrected chi connectivity index (χ4v) is 3.22. The maximum absolute atomic E-state index is 10.2. The van der Waals surface area contributed by atoms with E-state index in [-0.39, 0.29) is 18.8 Å². The lowest BCUT2D eigenvalue weighted by Crippen LogP contribution is -2.39. The molecule has 0 aliphatic carbocycles. The Bertz CT molecular complexity index is 295. The zero-order valence-electron chi connectivity index (χ0n) is 16.8. The molecule has 3 N–H and O–H groups in total. The molecule has 0 aromatic carbocycles. The topological polar surface area (TPSA) is 63.9 Å². The minimum Gasteiger partial charge on any atom is -0.395 e. The highest BCUT2D eigenvalue weighted by Gasteiger charge is 2.15. The predicted molar refractivity (Wildman–Crippen MR) is 111 cm³/mol. The van der Waals surface area contributed by atoms with E-state index in [1.165, 1.54) is 25.7 Å². The second-order valence-electron chi connectivity index (χ2n) is 7.35. The van der Waals surface area contributed by atoms with Crippen LogP contribution in [-0.4, -0.2) is 58.7 Å². The quantitative estimate of drug-likeness (QED) is 0.224. The van der Waals surface area contributed by atoms with Gasteiger partial charge in [0, 0.05) is 19.6 Å². The third-order valence-electron chi connectivity index (χ3n) is 4.75. The molecule has 0 fully saturated rings. The van der Waals surface area contributed by atoms with Crippen LogP contribution >= 0.6 is 0 Å². The van der Waals surface area contributed by atoms with Crippen LogP contribution in [0.15, 0.2) is 25.3 Å². The molecule has 0 spiro atoms. The molecule has 2 unspecified atom stereocenters. The molecule has 0 radical (unpaired) electrons. The van der Waals surface area contributed by atoms with Gasteiger partial charge in [0.25, 0.3) is 0 Å². The fraction of sp³-hybridized carbons (Fsp3) is 0.818. The molecule has 0 aromatic rings. The molecule has 0 bridgehead atoms. The van der Waals surface area contributed by atoms with Crippen molar-refractivity contribution in [1.82, 2.24) is 4.90 Å². The number of allylic oxidation sites excluding steroid dienone is 2. The molecular weight excluding hydrogens is 326 g/mol. The molecule has 4 nitrogen and oxygen atoms in total. The van der Waals surface area contributed by atoms with Gasteiger partial charge in [-0.05, 0) is 38.5 Å². The van der Waals surface area contributed by atoms with Gasteiger partial charge >= 0.3 is 0 Å². The number of hydrogen-bond acceptors (Lipinski definition) is 4. The molecule has 0 heterocycles. The molecule has 0 aliphatic rings. The first-order chi connectivity index (χ1) is 12.6. The van der Waals surface area contributed by atoms with E-state index in [0.717, 1.165) is 51.4 Å². The Hall–Kier alpha value is -0.680. The molecule has 0 aromatic heterocycles. The van der Waals surface area contributed by atoms with E-state index in [2.05, 4.69) is 13.2 Å². The average molecular weight is 370 g/mol. The van der Waals surface area contributed by atoms with Crippen molar-refractivity contribution in [3.63, 3.8) is 0 Å². The third kappa shape index (κ3) is 16.8. The summed E-state index contributed by atoms with van der Waals surface area (Å²) >= 11 is 0. The number of hydrogen-bond donors (Lipinski definition) is 3. The molecule has 0 saturated carbocycles. The van der Waals surface area contributed by atoms with Crippen LogP contribution in [0.25, 0.3) is 0 Å². The second kappa shape index (κ2) is 19.1. The summed E-state index contributed by atoms with van der Waals surface area (Å²) in [5, 5.41) is 29.7. The van der Waals surface area contributed by atoms with Crippen molar-refractivity contribution in [1.29, 1.82) is 0 Å². The first kappa shape index (κ1) is 25.3. The van der Waals surface area contributed by atoms with Crippen LogP contribution in [0, 0.1) is 0 Å². The molecule has 0 saturated heterocycles. The Morgan fingerprint density at radius 3 is 1.50 bits per heavy atom. The van der Waals surface area contributed by atoms with E-state index in [4.69, 9.17) is 0 Å². The molecule has 2 atom stereocenters. The van der Waals surface area contributed by atoms with E-state index in [9.17, 15) is 15.3 Å². The fourth-order valence-electron chi connectivity index (χ4n) is 3.22. The Labute approximate surface area is 161 Å². The van der Waals surface area contributed by atoms with Gasteiger partial charge in [0.2, 0.25) is 0 Å². The van der Waals surface area contributed by atoms with Crippen molar-refractivity contribution >= 4 is 0 Å². The van der Waals surface area contributed by atoms with Crippen LogP contribution in [0.2, 0.25) is 0 Å². The minimum absolute atomic E-state index is 0.0581. The van der Waals surface area contributed by atoms with E-state index < -0.39 is 0 Å². The lowest BCUT2D eigenvalue weighted by atomic mass is 10.1. The first-order valence-corrected chi connectivity index (χ1v) is 10.5. The van der Waals surface area contributed by atoms with Gasteiger partial charge in [-0.25, -0.2) is 0 Å². The highest BCUT2D eigenvalue weighted by molar-refractivity contribution is 4.70. The van der Waals surface area contributed by atoms with Gasteiger partial charge < -0.3 is 15.3 Å². The summed E-state index contributed by atoms with van der Waals surface area (Å²) in [5.74, 6) is 0. The number of rotatable bonds is 20. The van der Waals surface area contributed by atoms with Crippen LogP contribution in [0.4, 0.5) is 0 Å². The largest absolute Gasteiger partial charge is 0.395 e. The predicted octanol–water partition coefficient (Wildman–Crippen LogP) is 4.06. The van der Waals surface area contributed by atoms with Gasteiger partial charge in [-0.15, -0.1) is 13.2 Å². The standard InChI is InChI=1S/C22H43NO3/c1-3-5-7-9-11-13-15-21(25)19-23(17-18-24)20-22(26)16-14-12-10-8-6-4-2/h3-4,21-22,24-26H,1-2,5-20H2. The van der Waals surface area contributed by atoms with Gasteiger partial charge in [0.15, 0.2) is 0 Å². The van der Waals surface area contributed by atoms with Gasteiger partial charge in [0.1, 0.15) is 0 Å². The van der Waals surface area contributed by atoms with Crippen molar-refractivity contribution < 1.29 is 15.3 Å². The van der Waals surface area contributed by atoms with E-state index in [1.54, 1.807) is 0 Å². The van der Waals surface area contributed by atoms with Crippen molar-refractivity contribution in [2.75, 3.05) is 26.2 Å². The highest BCUT2D eigenvalue weighted by Crippen LogP contribution is 2.11. The monoisotopic (exact) mass is 369 g/mol. The SMILES string of the molecule is C=CCCCCCCC(O)CN(CCO)CC(O)CCCCCCC=C. The molecule has 26 heavy (non-hydrogen) atoms. The van der Waals surface area contributed by atoms with Gasteiger partial charge in [-0.2, -0.15) is 0 Å². The van der Waals surface area contributed by atoms with Crippen LogP contribution in [0.1, 0.15) is 77.0 Å². The van der Waals surface area contributed by atoms with Crippen molar-refractivity contribution in [3.8, 4) is 0 Å². The van der Waals surface area contributed by atoms with Gasteiger partial charge in [-0.3, -0.25) is 4.90 Å². The molecule has 4 heteroatoms.